The number of aromatic nitrogens is 2. The fraction of sp³-hybridized carbons (Fsp3) is 0.333. The molecule has 1 saturated heterocycles. The van der Waals surface area contributed by atoms with Gasteiger partial charge >= 0.3 is 6.18 Å². The van der Waals surface area contributed by atoms with E-state index in [1.165, 1.54) is 12.1 Å². The molecule has 0 saturated carbocycles. The summed E-state index contributed by atoms with van der Waals surface area (Å²) in [4.78, 5) is 17.3. The number of nitrogens with zero attached hydrogens (tertiary/aromatic N) is 3. The molecule has 0 atom stereocenters. The highest BCUT2D eigenvalue weighted by atomic mass is 35.5. The summed E-state index contributed by atoms with van der Waals surface area (Å²) in [5.41, 5.74) is 1.12. The average Bonchev–Trinajstić information content (AvgIpc) is 3.10. The van der Waals surface area contributed by atoms with Gasteiger partial charge in [0.1, 0.15) is 0 Å². The summed E-state index contributed by atoms with van der Waals surface area (Å²) in [5, 5.41) is 12.2. The molecule has 31 heavy (non-hydrogen) atoms. The third kappa shape index (κ3) is 4.07. The van der Waals surface area contributed by atoms with Crippen molar-refractivity contribution in [3.8, 4) is 0 Å². The van der Waals surface area contributed by atoms with E-state index in [1.807, 2.05) is 4.90 Å². The van der Waals surface area contributed by atoms with Crippen LogP contribution in [0.1, 0.15) is 27.3 Å². The summed E-state index contributed by atoms with van der Waals surface area (Å²) >= 11 is 6.14. The first-order valence-electron chi connectivity index (χ1n) is 9.56. The van der Waals surface area contributed by atoms with Crippen molar-refractivity contribution in [1.29, 1.82) is 0 Å². The summed E-state index contributed by atoms with van der Waals surface area (Å²) in [6.07, 6.45) is -4.78. The molecule has 1 aliphatic heterocycles. The number of fused-ring (bicyclic) bond motifs is 1. The number of benzene rings is 2. The fourth-order valence-corrected chi connectivity index (χ4v) is 3.93. The van der Waals surface area contributed by atoms with Gasteiger partial charge in [-0.05, 0) is 36.2 Å². The molecule has 2 aromatic carbocycles. The summed E-state index contributed by atoms with van der Waals surface area (Å²) in [5.74, 6) is -2.76. The van der Waals surface area contributed by atoms with E-state index in [0.717, 1.165) is 4.57 Å². The molecule has 4 rings (SSSR count). The second kappa shape index (κ2) is 8.05. The second-order valence-electron chi connectivity index (χ2n) is 7.29. The number of aromatic carboxylic acids is 1. The zero-order chi connectivity index (χ0) is 22.3. The van der Waals surface area contributed by atoms with Crippen LogP contribution < -0.4 is 10.0 Å². The molecule has 0 amide bonds. The number of hydrogen-bond donors (Lipinski definition) is 0. The molecule has 164 valence electrons. The minimum Gasteiger partial charge on any atom is -0.545 e. The van der Waals surface area contributed by atoms with Crippen molar-refractivity contribution in [3.05, 3.63) is 57.9 Å². The van der Waals surface area contributed by atoms with Gasteiger partial charge < -0.3 is 24.1 Å². The van der Waals surface area contributed by atoms with Gasteiger partial charge in [0.25, 0.3) is 0 Å². The minimum atomic E-state index is -4.78. The first-order valence-corrected chi connectivity index (χ1v) is 9.94. The molecule has 0 spiro atoms. The molecule has 2 heterocycles. The van der Waals surface area contributed by atoms with E-state index in [4.69, 9.17) is 16.3 Å². The van der Waals surface area contributed by atoms with Crippen LogP contribution in [0, 0.1) is 6.92 Å². The van der Waals surface area contributed by atoms with E-state index in [9.17, 15) is 23.1 Å². The van der Waals surface area contributed by atoms with Gasteiger partial charge in [0, 0.05) is 35.9 Å². The number of carbonyl (C=O) groups is 1. The molecule has 0 unspecified atom stereocenters. The Morgan fingerprint density at radius 2 is 1.97 bits per heavy atom. The quantitative estimate of drug-likeness (QED) is 0.607. The number of morpholine rings is 1. The molecule has 1 fully saturated rings. The number of anilines is 1. The molecule has 0 bridgehead atoms. The number of ether oxygens (including phenoxy) is 1. The van der Waals surface area contributed by atoms with Crippen molar-refractivity contribution in [2.45, 2.75) is 19.6 Å². The number of carbonyl (C=O) groups excluding carboxylic acids is 1. The second-order valence-corrected chi connectivity index (χ2v) is 7.70. The standard InChI is InChI=1S/C21H19ClF3N3O3/c1-12-13(3-2-4-16(12)22)11-28-17-10-14(27-5-7-31-8-6-27)9-15(19(29)30)18(17)26-20(28)21(23,24)25/h2-4,9-10H,5-8,11H2,1H3,(H,29,30)/p-1. The monoisotopic (exact) mass is 452 g/mol. The lowest BCUT2D eigenvalue weighted by Crippen LogP contribution is -2.36. The number of alkyl halides is 3. The van der Waals surface area contributed by atoms with Gasteiger partial charge in [-0.25, -0.2) is 4.98 Å². The van der Waals surface area contributed by atoms with Crippen LogP contribution >= 0.6 is 11.6 Å². The van der Waals surface area contributed by atoms with Crippen molar-refractivity contribution < 1.29 is 27.8 Å². The number of carboxylic acid groups (broad SMARTS) is 1. The largest absolute Gasteiger partial charge is 0.545 e. The topological polar surface area (TPSA) is 70.4 Å². The Bertz CT molecular complexity index is 1150. The summed E-state index contributed by atoms with van der Waals surface area (Å²) < 4.78 is 47.9. The van der Waals surface area contributed by atoms with Crippen molar-refractivity contribution in [1.82, 2.24) is 9.55 Å². The van der Waals surface area contributed by atoms with Crippen LogP contribution in [0.2, 0.25) is 5.02 Å². The third-order valence-electron chi connectivity index (χ3n) is 5.40. The zero-order valence-corrected chi connectivity index (χ0v) is 17.3. The molecule has 6 nitrogen and oxygen atoms in total. The average molecular weight is 453 g/mol. The molecule has 0 radical (unpaired) electrons. The van der Waals surface area contributed by atoms with Gasteiger partial charge in [-0.1, -0.05) is 23.7 Å². The third-order valence-corrected chi connectivity index (χ3v) is 5.81. The van der Waals surface area contributed by atoms with Crippen molar-refractivity contribution in [2.24, 2.45) is 0 Å². The number of rotatable bonds is 4. The predicted molar refractivity (Wildman–Crippen MR) is 107 cm³/mol. The molecule has 0 aliphatic carbocycles. The van der Waals surface area contributed by atoms with Crippen molar-refractivity contribution >= 4 is 34.3 Å². The Morgan fingerprint density at radius 1 is 1.26 bits per heavy atom. The van der Waals surface area contributed by atoms with Crippen LogP contribution in [0.5, 0.6) is 0 Å². The Balaban J connectivity index is 1.96. The number of halogens is 4. The normalized spacial score (nSPS) is 14.9. The van der Waals surface area contributed by atoms with Gasteiger partial charge in [-0.3, -0.25) is 0 Å². The summed E-state index contributed by atoms with van der Waals surface area (Å²) in [6, 6.07) is 7.84. The van der Waals surface area contributed by atoms with Crippen LogP contribution in [-0.4, -0.2) is 41.8 Å². The van der Waals surface area contributed by atoms with Crippen LogP contribution in [0.3, 0.4) is 0 Å². The Kier molecular flexibility index (Phi) is 5.57. The first-order chi connectivity index (χ1) is 14.7. The van der Waals surface area contributed by atoms with E-state index < -0.39 is 18.0 Å². The van der Waals surface area contributed by atoms with Crippen LogP contribution in [0.4, 0.5) is 18.9 Å². The Morgan fingerprint density at radius 3 is 2.61 bits per heavy atom. The number of imidazole rings is 1. The molecule has 3 aromatic rings. The zero-order valence-electron chi connectivity index (χ0n) is 16.5. The lowest BCUT2D eigenvalue weighted by Gasteiger charge is -2.29. The van der Waals surface area contributed by atoms with E-state index in [0.29, 0.717) is 48.1 Å². The maximum atomic E-state index is 13.9. The lowest BCUT2D eigenvalue weighted by molar-refractivity contribution is -0.254. The fourth-order valence-electron chi connectivity index (χ4n) is 3.74. The van der Waals surface area contributed by atoms with E-state index in [2.05, 4.69) is 4.98 Å². The maximum absolute atomic E-state index is 13.9. The van der Waals surface area contributed by atoms with Gasteiger partial charge in [0.2, 0.25) is 5.82 Å². The highest BCUT2D eigenvalue weighted by Gasteiger charge is 2.38. The van der Waals surface area contributed by atoms with Gasteiger partial charge in [0.15, 0.2) is 0 Å². The summed E-state index contributed by atoms with van der Waals surface area (Å²) in [7, 11) is 0. The molecule has 10 heteroatoms. The van der Waals surface area contributed by atoms with Gasteiger partial charge in [-0.2, -0.15) is 13.2 Å². The smallest absolute Gasteiger partial charge is 0.449 e. The molecule has 0 N–H and O–H groups in total. The van der Waals surface area contributed by atoms with Crippen molar-refractivity contribution in [3.63, 3.8) is 0 Å². The highest BCUT2D eigenvalue weighted by Crippen LogP contribution is 2.35. The van der Waals surface area contributed by atoms with Gasteiger partial charge in [0.05, 0.1) is 30.2 Å². The predicted octanol–water partition coefficient (Wildman–Crippen LogP) is 3.27. The first kappa shape index (κ1) is 21.5. The minimum absolute atomic E-state index is 0.0647. The summed E-state index contributed by atoms with van der Waals surface area (Å²) in [6.45, 7) is 3.41. The van der Waals surface area contributed by atoms with E-state index in [-0.39, 0.29) is 23.1 Å². The molecule has 1 aromatic heterocycles. The molecular formula is C21H18ClF3N3O3-. The van der Waals surface area contributed by atoms with Gasteiger partial charge in [-0.15, -0.1) is 0 Å². The number of carboxylic acids is 1. The van der Waals surface area contributed by atoms with E-state index >= 15 is 0 Å². The number of hydrogen-bond acceptors (Lipinski definition) is 5. The van der Waals surface area contributed by atoms with Crippen LogP contribution in [0.25, 0.3) is 11.0 Å². The SMILES string of the molecule is Cc1c(Cl)cccc1Cn1c(C(F)(F)F)nc2c(C(=O)[O-])cc(N3CCOCC3)cc21. The molecular weight excluding hydrogens is 435 g/mol. The molecule has 1 aliphatic rings. The van der Waals surface area contributed by atoms with Crippen molar-refractivity contribution in [2.75, 3.05) is 31.2 Å². The van der Waals surface area contributed by atoms with Crippen LogP contribution in [-0.2, 0) is 17.5 Å². The maximum Gasteiger partial charge on any atom is 0.449 e. The van der Waals surface area contributed by atoms with E-state index in [1.54, 1.807) is 25.1 Å². The Labute approximate surface area is 180 Å². The highest BCUT2D eigenvalue weighted by molar-refractivity contribution is 6.31. The van der Waals surface area contributed by atoms with Crippen LogP contribution in [0.15, 0.2) is 30.3 Å². The lowest BCUT2D eigenvalue weighted by atomic mass is 10.1. The Hall–Kier alpha value is -2.78.